The van der Waals surface area contributed by atoms with E-state index < -0.39 is 0 Å². The van der Waals surface area contributed by atoms with Crippen LogP contribution in [0.25, 0.3) is 0 Å². The van der Waals surface area contributed by atoms with E-state index in [1.807, 2.05) is 6.92 Å². The fraction of sp³-hybridized carbons (Fsp3) is 0.154. The van der Waals surface area contributed by atoms with Crippen LogP contribution < -0.4 is 10.1 Å². The van der Waals surface area contributed by atoms with Crippen LogP contribution in [-0.4, -0.2) is 12.5 Å². The van der Waals surface area contributed by atoms with Gasteiger partial charge in [-0.05, 0) is 47.1 Å². The number of halogens is 2. The topological polar surface area (TPSA) is 51.5 Å². The van der Waals surface area contributed by atoms with Crippen LogP contribution >= 0.6 is 27.5 Å². The molecule has 0 spiro atoms. The molecule has 0 bridgehead atoms. The molecule has 0 unspecified atom stereocenters. The first-order chi connectivity index (χ1) is 9.11. The zero-order chi connectivity index (χ0) is 13.8. The number of hydrogen-bond acceptors (Lipinski definition) is 3. The Morgan fingerprint density at radius 1 is 1.47 bits per heavy atom. The molecule has 0 radical (unpaired) electrons. The van der Waals surface area contributed by atoms with Gasteiger partial charge in [-0.1, -0.05) is 11.6 Å². The number of hydrogen-bond donors (Lipinski definition) is 1. The molecule has 0 fully saturated rings. The van der Waals surface area contributed by atoms with Crippen molar-refractivity contribution >= 4 is 39.1 Å². The molecule has 0 saturated carbocycles. The Morgan fingerprint density at radius 2 is 2.26 bits per heavy atom. The van der Waals surface area contributed by atoms with Crippen LogP contribution in [0.2, 0.25) is 5.02 Å². The lowest BCUT2D eigenvalue weighted by Gasteiger charge is -2.08. The molecule has 6 heteroatoms. The van der Waals surface area contributed by atoms with Crippen molar-refractivity contribution in [2.75, 3.05) is 11.9 Å². The summed E-state index contributed by atoms with van der Waals surface area (Å²) in [5.74, 6) is 0.313. The van der Waals surface area contributed by atoms with E-state index in [0.717, 1.165) is 0 Å². The van der Waals surface area contributed by atoms with Gasteiger partial charge < -0.3 is 14.5 Å². The first-order valence-corrected chi connectivity index (χ1v) is 6.75. The highest BCUT2D eigenvalue weighted by Crippen LogP contribution is 2.28. The number of benzene rings is 1. The van der Waals surface area contributed by atoms with Crippen molar-refractivity contribution in [3.05, 3.63) is 45.8 Å². The normalized spacial score (nSPS) is 10.3. The smallest absolute Gasteiger partial charge is 0.260 e. The highest BCUT2D eigenvalue weighted by molar-refractivity contribution is 9.10. The summed E-state index contributed by atoms with van der Waals surface area (Å²) in [5, 5.41) is 3.18. The Hall–Kier alpha value is -1.46. The minimum atomic E-state index is -0.277. The van der Waals surface area contributed by atoms with Gasteiger partial charge in [-0.2, -0.15) is 0 Å². The SMILES string of the molecule is CCOc1ccc(NC(=O)c2ccoc2Br)cc1Cl. The summed E-state index contributed by atoms with van der Waals surface area (Å²) < 4.78 is 10.7. The predicted octanol–water partition coefficient (Wildman–Crippen LogP) is 4.35. The Bertz CT molecular complexity index is 597. The predicted molar refractivity (Wildman–Crippen MR) is 77.0 cm³/mol. The third-order valence-electron chi connectivity index (χ3n) is 2.35. The van der Waals surface area contributed by atoms with Crippen LogP contribution in [0.4, 0.5) is 5.69 Å². The Kier molecular flexibility index (Phi) is 4.50. The molecule has 1 heterocycles. The lowest BCUT2D eigenvalue weighted by atomic mass is 10.2. The van der Waals surface area contributed by atoms with Crippen molar-refractivity contribution < 1.29 is 13.9 Å². The quantitative estimate of drug-likeness (QED) is 0.897. The van der Waals surface area contributed by atoms with Gasteiger partial charge in [0.1, 0.15) is 5.75 Å². The average molecular weight is 345 g/mol. The third-order valence-corrected chi connectivity index (χ3v) is 3.26. The lowest BCUT2D eigenvalue weighted by Crippen LogP contribution is -2.11. The lowest BCUT2D eigenvalue weighted by molar-refractivity contribution is 0.102. The van der Waals surface area contributed by atoms with E-state index in [9.17, 15) is 4.79 Å². The van der Waals surface area contributed by atoms with Crippen molar-refractivity contribution in [1.29, 1.82) is 0 Å². The van der Waals surface area contributed by atoms with Crippen molar-refractivity contribution in [3.63, 3.8) is 0 Å². The third kappa shape index (κ3) is 3.30. The van der Waals surface area contributed by atoms with Gasteiger partial charge in [-0.3, -0.25) is 4.79 Å². The van der Waals surface area contributed by atoms with E-state index in [1.165, 1.54) is 6.26 Å². The monoisotopic (exact) mass is 343 g/mol. The van der Waals surface area contributed by atoms with Crippen molar-refractivity contribution in [1.82, 2.24) is 0 Å². The molecule has 1 N–H and O–H groups in total. The van der Waals surface area contributed by atoms with E-state index >= 15 is 0 Å². The number of carbonyl (C=O) groups is 1. The standard InChI is InChI=1S/C13H11BrClNO3/c1-2-18-11-4-3-8(7-10(11)15)16-13(17)9-5-6-19-12(9)14/h3-7H,2H2,1H3,(H,16,17). The van der Waals surface area contributed by atoms with Gasteiger partial charge in [0.25, 0.3) is 5.91 Å². The molecule has 0 atom stereocenters. The second kappa shape index (κ2) is 6.12. The Balaban J connectivity index is 2.14. The summed E-state index contributed by atoms with van der Waals surface area (Å²) in [4.78, 5) is 11.9. The number of amides is 1. The number of ether oxygens (including phenoxy) is 1. The number of carbonyl (C=O) groups excluding carboxylic acids is 1. The molecule has 4 nitrogen and oxygen atoms in total. The minimum absolute atomic E-state index is 0.277. The highest BCUT2D eigenvalue weighted by atomic mass is 79.9. The van der Waals surface area contributed by atoms with Crippen LogP contribution in [0, 0.1) is 0 Å². The van der Waals surface area contributed by atoms with Gasteiger partial charge in [0, 0.05) is 5.69 Å². The summed E-state index contributed by atoms with van der Waals surface area (Å²) in [5.41, 5.74) is 1.01. The summed E-state index contributed by atoms with van der Waals surface area (Å²) in [6, 6.07) is 6.66. The fourth-order valence-electron chi connectivity index (χ4n) is 1.51. The molecule has 1 aromatic carbocycles. The van der Waals surface area contributed by atoms with Gasteiger partial charge in [0.2, 0.25) is 0 Å². The zero-order valence-corrected chi connectivity index (χ0v) is 12.4. The molecule has 100 valence electrons. The first-order valence-electron chi connectivity index (χ1n) is 5.58. The van der Waals surface area contributed by atoms with Gasteiger partial charge in [-0.25, -0.2) is 0 Å². The van der Waals surface area contributed by atoms with Crippen molar-refractivity contribution in [2.24, 2.45) is 0 Å². The fourth-order valence-corrected chi connectivity index (χ4v) is 2.16. The zero-order valence-electron chi connectivity index (χ0n) is 10.1. The first kappa shape index (κ1) is 14.0. The summed E-state index contributed by atoms with van der Waals surface area (Å²) >= 11 is 9.20. The van der Waals surface area contributed by atoms with Gasteiger partial charge in [0.05, 0.1) is 23.5 Å². The van der Waals surface area contributed by atoms with Gasteiger partial charge in [0.15, 0.2) is 4.67 Å². The maximum atomic E-state index is 11.9. The molecule has 1 aromatic heterocycles. The van der Waals surface area contributed by atoms with Crippen LogP contribution in [0.15, 0.2) is 39.6 Å². The van der Waals surface area contributed by atoms with E-state index in [-0.39, 0.29) is 5.91 Å². The molecule has 2 rings (SSSR count). The Labute approximate surface area is 123 Å². The summed E-state index contributed by atoms with van der Waals surface area (Å²) in [6.45, 7) is 2.41. The molecule has 0 aliphatic carbocycles. The molecular formula is C13H11BrClNO3. The average Bonchev–Trinajstić information content (AvgIpc) is 2.79. The number of rotatable bonds is 4. The van der Waals surface area contributed by atoms with Crippen LogP contribution in [-0.2, 0) is 0 Å². The van der Waals surface area contributed by atoms with E-state index in [0.29, 0.717) is 33.3 Å². The minimum Gasteiger partial charge on any atom is -0.492 e. The van der Waals surface area contributed by atoms with E-state index in [4.69, 9.17) is 20.8 Å². The highest BCUT2D eigenvalue weighted by Gasteiger charge is 2.13. The van der Waals surface area contributed by atoms with Crippen LogP contribution in [0.5, 0.6) is 5.75 Å². The number of nitrogens with one attached hydrogen (secondary N) is 1. The summed E-state index contributed by atoms with van der Waals surface area (Å²) in [7, 11) is 0. The summed E-state index contributed by atoms with van der Waals surface area (Å²) in [6.07, 6.45) is 1.43. The van der Waals surface area contributed by atoms with Crippen LogP contribution in [0.3, 0.4) is 0 Å². The number of anilines is 1. The second-order valence-corrected chi connectivity index (χ2v) is 4.77. The molecule has 0 aliphatic heterocycles. The van der Waals surface area contributed by atoms with Crippen molar-refractivity contribution in [3.8, 4) is 5.75 Å². The maximum Gasteiger partial charge on any atom is 0.260 e. The molecule has 0 saturated heterocycles. The van der Waals surface area contributed by atoms with E-state index in [1.54, 1.807) is 24.3 Å². The van der Waals surface area contributed by atoms with Gasteiger partial charge >= 0.3 is 0 Å². The molecule has 2 aromatic rings. The Morgan fingerprint density at radius 3 is 2.84 bits per heavy atom. The molecular weight excluding hydrogens is 334 g/mol. The largest absolute Gasteiger partial charge is 0.492 e. The molecule has 19 heavy (non-hydrogen) atoms. The van der Waals surface area contributed by atoms with Crippen molar-refractivity contribution in [2.45, 2.75) is 6.92 Å². The van der Waals surface area contributed by atoms with Crippen LogP contribution in [0.1, 0.15) is 17.3 Å². The molecule has 1 amide bonds. The maximum absolute atomic E-state index is 11.9. The van der Waals surface area contributed by atoms with Gasteiger partial charge in [-0.15, -0.1) is 0 Å². The van der Waals surface area contributed by atoms with E-state index in [2.05, 4.69) is 21.2 Å². The molecule has 0 aliphatic rings. The second-order valence-electron chi connectivity index (χ2n) is 3.64. The number of furan rings is 1.